The van der Waals surface area contributed by atoms with Gasteiger partial charge in [-0.3, -0.25) is 13.7 Å². The fraction of sp³-hybridized carbons (Fsp3) is 0. The van der Waals surface area contributed by atoms with Crippen molar-refractivity contribution in [1.29, 1.82) is 0 Å². The lowest BCUT2D eigenvalue weighted by atomic mass is 10.1. The minimum Gasteiger partial charge on any atom is -0.505 e. The summed E-state index contributed by atoms with van der Waals surface area (Å²) in [4.78, 5) is 13.4. The van der Waals surface area contributed by atoms with Crippen LogP contribution in [0.3, 0.4) is 0 Å². The predicted molar refractivity (Wildman–Crippen MR) is 230 cm³/mol. The van der Waals surface area contributed by atoms with Crippen molar-refractivity contribution in [1.82, 2.24) is 19.9 Å². The van der Waals surface area contributed by atoms with Crippen LogP contribution in [0.4, 0.5) is 28.4 Å². The molecule has 0 aliphatic heterocycles. The lowest BCUT2D eigenvalue weighted by Crippen LogP contribution is -1.99. The number of hydrogen-bond donors (Lipinski definition) is 8. The van der Waals surface area contributed by atoms with Crippen LogP contribution < -0.4 is 5.73 Å². The molecule has 20 nitrogen and oxygen atoms in total. The Morgan fingerprint density at radius 1 is 0.492 bits per heavy atom. The van der Waals surface area contributed by atoms with Gasteiger partial charge in [0.1, 0.15) is 32.8 Å². The van der Waals surface area contributed by atoms with Crippen molar-refractivity contribution in [3.8, 4) is 34.3 Å². The zero-order chi connectivity index (χ0) is 44.6. The molecule has 0 bridgehead atoms. The van der Waals surface area contributed by atoms with Gasteiger partial charge in [0.15, 0.2) is 11.5 Å². The number of nitrogens with one attached hydrogen (secondary N) is 2. The quantitative estimate of drug-likeness (QED) is 0.0382. The Morgan fingerprint density at radius 2 is 0.968 bits per heavy atom. The summed E-state index contributed by atoms with van der Waals surface area (Å²) in [6.45, 7) is 0. The van der Waals surface area contributed by atoms with Crippen molar-refractivity contribution < 1.29 is 49.1 Å². The SMILES string of the molecule is Nc1cccc(-c2nc3ccc4c(O)c(N=Nc5cccc(-c6nc7ccc8c(O)c(/N=N\c9ccc(S(=O)(=O)O)cc9)c(S(=O)(=O)O)cc8c7[nH]6)c5)c(S(=O)(=O)O)cc4c3[nH]2)c1. The second-order valence-electron chi connectivity index (χ2n) is 13.9. The largest absolute Gasteiger partial charge is 0.505 e. The number of aromatic nitrogens is 4. The average Bonchev–Trinajstić information content (AvgIpc) is 3.88. The lowest BCUT2D eigenvalue weighted by molar-refractivity contribution is 0.472. The van der Waals surface area contributed by atoms with Crippen molar-refractivity contribution >= 4 is 102 Å². The normalized spacial score (nSPS) is 12.8. The van der Waals surface area contributed by atoms with Gasteiger partial charge in [0.2, 0.25) is 0 Å². The molecular formula is C40H27N9O11S3. The van der Waals surface area contributed by atoms with E-state index in [0.717, 1.165) is 24.3 Å². The first-order valence-corrected chi connectivity index (χ1v) is 22.3. The Morgan fingerprint density at radius 3 is 1.44 bits per heavy atom. The highest BCUT2D eigenvalue weighted by Crippen LogP contribution is 2.45. The van der Waals surface area contributed by atoms with E-state index < -0.39 is 67.9 Å². The number of nitrogen functional groups attached to an aromatic ring is 1. The van der Waals surface area contributed by atoms with Crippen LogP contribution in [-0.4, -0.2) is 69.1 Å². The van der Waals surface area contributed by atoms with E-state index in [1.165, 1.54) is 42.5 Å². The fourth-order valence-electron chi connectivity index (χ4n) is 6.96. The first-order chi connectivity index (χ1) is 29.8. The molecular weight excluding hydrogens is 879 g/mol. The van der Waals surface area contributed by atoms with Gasteiger partial charge in [-0.05, 0) is 84.9 Å². The Bertz CT molecular complexity index is 3810. The molecule has 23 heteroatoms. The zero-order valence-electron chi connectivity index (χ0n) is 31.6. The minimum absolute atomic E-state index is 0.0205. The summed E-state index contributed by atoms with van der Waals surface area (Å²) < 4.78 is 103. The standard InChI is InChI=1S/C40H27N9O11S3/c41-21-5-1-3-19(15-21)39-42-29-13-11-26-27(33(29)44-39)18-32(63(58,59)60)36(38(26)51)49-47-23-6-2-4-20(16-23)40-43-30-14-12-25-28(34(30)45-40)17-31(62(55,56)57)35(37(25)50)48-46-22-7-9-24(10-8-22)61(52,53)54/h1-18,50-51H,41H2,(H,42,44)(H,43,45)(H,52,53,54)(H,55,56,57)(H,58,59,60)/b48-46-,49-47?. The van der Waals surface area contributed by atoms with Crippen molar-refractivity contribution in [3.05, 3.63) is 109 Å². The summed E-state index contributed by atoms with van der Waals surface area (Å²) in [5.74, 6) is -0.595. The molecule has 0 radical (unpaired) electrons. The molecule has 9 N–H and O–H groups in total. The second kappa shape index (κ2) is 14.8. The van der Waals surface area contributed by atoms with E-state index in [2.05, 4.69) is 40.4 Å². The number of anilines is 1. The summed E-state index contributed by atoms with van der Waals surface area (Å²) >= 11 is 0. The number of aromatic amines is 2. The molecule has 63 heavy (non-hydrogen) atoms. The number of phenolic OH excluding ortho intramolecular Hbond substituents is 2. The summed E-state index contributed by atoms with van der Waals surface area (Å²) in [5, 5.41) is 39.2. The van der Waals surface area contributed by atoms with Crippen LogP contribution >= 0.6 is 0 Å². The highest BCUT2D eigenvalue weighted by molar-refractivity contribution is 7.86. The van der Waals surface area contributed by atoms with Crippen LogP contribution in [0.1, 0.15) is 0 Å². The van der Waals surface area contributed by atoms with Crippen LogP contribution in [0.15, 0.2) is 144 Å². The number of aromatic hydroxyl groups is 2. The Balaban J connectivity index is 1.08. The number of nitrogens with two attached hydrogens (primary N) is 1. The minimum atomic E-state index is -5.04. The number of rotatable bonds is 9. The molecule has 0 atom stereocenters. The van der Waals surface area contributed by atoms with E-state index in [-0.39, 0.29) is 44.3 Å². The number of hydrogen-bond acceptors (Lipinski definition) is 15. The van der Waals surface area contributed by atoms with E-state index in [1.54, 1.807) is 42.5 Å². The predicted octanol–water partition coefficient (Wildman–Crippen LogP) is 8.64. The molecule has 2 heterocycles. The lowest BCUT2D eigenvalue weighted by Gasteiger charge is -2.09. The molecule has 0 unspecified atom stereocenters. The first kappa shape index (κ1) is 40.7. The Kier molecular flexibility index (Phi) is 9.54. The second-order valence-corrected chi connectivity index (χ2v) is 18.1. The molecule has 2 aromatic heterocycles. The molecule has 9 aromatic rings. The van der Waals surface area contributed by atoms with Gasteiger partial charge < -0.3 is 25.9 Å². The van der Waals surface area contributed by atoms with E-state index >= 15 is 0 Å². The van der Waals surface area contributed by atoms with Crippen LogP contribution in [0.2, 0.25) is 0 Å². The zero-order valence-corrected chi connectivity index (χ0v) is 34.0. The van der Waals surface area contributed by atoms with Gasteiger partial charge in [-0.2, -0.15) is 35.5 Å². The molecule has 0 spiro atoms. The maximum Gasteiger partial charge on any atom is 0.296 e. The highest BCUT2D eigenvalue weighted by Gasteiger charge is 2.26. The third-order valence-corrected chi connectivity index (χ3v) is 12.5. The van der Waals surface area contributed by atoms with E-state index in [9.17, 15) is 49.1 Å². The third-order valence-electron chi connectivity index (χ3n) is 9.88. The molecule has 316 valence electrons. The smallest absolute Gasteiger partial charge is 0.296 e. The van der Waals surface area contributed by atoms with Crippen molar-refractivity contribution in [2.24, 2.45) is 20.5 Å². The number of azo groups is 2. The van der Waals surface area contributed by atoms with Gasteiger partial charge in [0, 0.05) is 38.4 Å². The maximum atomic E-state index is 12.7. The molecule has 7 aromatic carbocycles. The van der Waals surface area contributed by atoms with Crippen molar-refractivity contribution in [2.75, 3.05) is 5.73 Å². The average molecular weight is 906 g/mol. The van der Waals surface area contributed by atoms with Crippen LogP contribution in [0, 0.1) is 0 Å². The molecule has 0 aliphatic rings. The van der Waals surface area contributed by atoms with Gasteiger partial charge in [-0.25, -0.2) is 9.97 Å². The van der Waals surface area contributed by atoms with Crippen LogP contribution in [0.5, 0.6) is 11.5 Å². The number of H-pyrrole nitrogens is 2. The van der Waals surface area contributed by atoms with E-state index in [1.807, 2.05) is 0 Å². The summed E-state index contributed by atoms with van der Waals surface area (Å²) in [5.41, 5.74) is 7.90. The van der Waals surface area contributed by atoms with Crippen molar-refractivity contribution in [2.45, 2.75) is 14.7 Å². The molecule has 0 amide bonds. The van der Waals surface area contributed by atoms with E-state index in [4.69, 9.17) is 5.73 Å². The summed E-state index contributed by atoms with van der Waals surface area (Å²) in [6.07, 6.45) is 0. The molecule has 9 rings (SSSR count). The topological polar surface area (TPSA) is 336 Å². The summed E-state index contributed by atoms with van der Waals surface area (Å²) in [6, 6.07) is 26.0. The molecule has 0 saturated heterocycles. The summed E-state index contributed by atoms with van der Waals surface area (Å²) in [7, 11) is -14.5. The Labute approximate surface area is 354 Å². The number of nitrogens with zero attached hydrogens (tertiary/aromatic N) is 6. The van der Waals surface area contributed by atoms with Gasteiger partial charge >= 0.3 is 0 Å². The molecule has 0 saturated carbocycles. The van der Waals surface area contributed by atoms with Crippen molar-refractivity contribution in [3.63, 3.8) is 0 Å². The van der Waals surface area contributed by atoms with Gasteiger partial charge in [-0.1, -0.05) is 24.3 Å². The number of phenols is 2. The van der Waals surface area contributed by atoms with Crippen LogP contribution in [-0.2, 0) is 30.4 Å². The maximum absolute atomic E-state index is 12.7. The number of fused-ring (bicyclic) bond motifs is 6. The van der Waals surface area contributed by atoms with Gasteiger partial charge in [0.25, 0.3) is 30.4 Å². The number of imidazole rings is 2. The third kappa shape index (κ3) is 7.56. The monoisotopic (exact) mass is 905 g/mol. The molecule has 0 fully saturated rings. The van der Waals surface area contributed by atoms with Gasteiger partial charge in [0.05, 0.1) is 38.3 Å². The van der Waals surface area contributed by atoms with Gasteiger partial charge in [-0.15, -0.1) is 10.2 Å². The molecule has 0 aliphatic carbocycles. The van der Waals surface area contributed by atoms with E-state index in [0.29, 0.717) is 39.2 Å². The first-order valence-electron chi connectivity index (χ1n) is 18.0. The van der Waals surface area contributed by atoms with Crippen LogP contribution in [0.25, 0.3) is 66.4 Å². The fourth-order valence-corrected chi connectivity index (χ4v) is 8.74. The highest BCUT2D eigenvalue weighted by atomic mass is 32.2. The Hall–Kier alpha value is -7.67. The number of benzene rings is 7.